The molecule has 25 heteroatoms. The number of aliphatic hydroxyl groups excluding tert-OH is 2. The minimum absolute atomic E-state index is 0. The Morgan fingerprint density at radius 1 is 0.729 bits per heavy atom. The highest BCUT2D eigenvalue weighted by molar-refractivity contribution is 6.35. The average Bonchev–Trinajstić information content (AvgIpc) is 3.70. The van der Waals surface area contributed by atoms with Crippen molar-refractivity contribution in [2.45, 2.75) is 59.4 Å². The van der Waals surface area contributed by atoms with Crippen LogP contribution in [0, 0.1) is 38.6 Å². The standard InChI is InChI=1S/C19H18ClFN4O4.C12H13ClN2O3.C7H7FN2O2.C6H5N3O.CH4/c1-9-13(6-7-14(22-3)16(9)20)23-17(10(2)26)19(29)25-24-18(28)11-4-5-12(21)15(27)8-11;1-6-8(4-5-9(14-3)10(6)13)15-11(7(2)16)12(17)18;8-5-2-1-4(3-6(5)11)7(12)10-9;10-9-6-4-2-1-3-5(6)7-8-9;/h4-8,10,17,23,26-27H,1-2H3,(H,24,28)(H,25,29);4-5,7,11,15-16H,1-2H3,(H,17,18);1-3,11H,9H2,(H,10,12);1-4,10H;1H4/t10-,17-;7-,11-;;;/m11.../s1. The van der Waals surface area contributed by atoms with E-state index >= 15 is 0 Å². The van der Waals surface area contributed by atoms with Gasteiger partial charge in [-0.05, 0) is 105 Å². The number of nitrogens with zero attached hydrogens (tertiary/aromatic N) is 5. The molecule has 3 amide bonds. The lowest BCUT2D eigenvalue weighted by molar-refractivity contribution is -0.140. The van der Waals surface area contributed by atoms with Gasteiger partial charge in [0, 0.05) is 22.5 Å². The first-order valence-corrected chi connectivity index (χ1v) is 20.3. The number of fused-ring (bicyclic) bond motifs is 1. The Labute approximate surface area is 408 Å². The smallest absolute Gasteiger partial charge is 0.328 e. The molecule has 1 heterocycles. The number of aliphatic carboxylic acids is 1. The first kappa shape index (κ1) is 57.8. The number of carbonyl (C=O) groups is 4. The number of carboxylic acids is 1. The summed E-state index contributed by atoms with van der Waals surface area (Å²) in [6, 6.07) is 17.2. The third kappa shape index (κ3) is 15.6. The second-order valence-electron chi connectivity index (χ2n) is 14.1. The molecule has 0 aliphatic heterocycles. The van der Waals surface area contributed by atoms with Gasteiger partial charge in [0.15, 0.2) is 29.2 Å². The molecule has 0 radical (unpaired) electrons. The lowest BCUT2D eigenvalue weighted by Gasteiger charge is -2.23. The number of carbonyl (C=O) groups excluding carboxylic acids is 3. The fraction of sp³-hybridized carbons (Fsp3) is 0.200. The second kappa shape index (κ2) is 26.9. The van der Waals surface area contributed by atoms with Crippen LogP contribution in [0.5, 0.6) is 11.5 Å². The van der Waals surface area contributed by atoms with E-state index < -0.39 is 71.1 Å². The van der Waals surface area contributed by atoms with E-state index in [2.05, 4.69) is 41.5 Å². The molecular weight excluding hydrogens is 963 g/mol. The van der Waals surface area contributed by atoms with Gasteiger partial charge in [0.25, 0.3) is 17.7 Å². The summed E-state index contributed by atoms with van der Waals surface area (Å²) in [6.45, 7) is 20.1. The number of phenolic OH excluding ortho intramolecular Hbond substituents is 2. The number of para-hydroxylation sites is 1. The van der Waals surface area contributed by atoms with Crippen LogP contribution < -0.4 is 32.8 Å². The largest absolute Gasteiger partial charge is 0.505 e. The lowest BCUT2D eigenvalue weighted by atomic mass is 10.1. The topological polar surface area (TPSA) is 315 Å². The van der Waals surface area contributed by atoms with Crippen molar-refractivity contribution in [1.29, 1.82) is 0 Å². The predicted octanol–water partition coefficient (Wildman–Crippen LogP) is 6.55. The zero-order valence-electron chi connectivity index (χ0n) is 36.5. The van der Waals surface area contributed by atoms with Crippen molar-refractivity contribution in [1.82, 2.24) is 31.4 Å². The van der Waals surface area contributed by atoms with Crippen LogP contribution in [0.2, 0.25) is 10.0 Å². The van der Waals surface area contributed by atoms with Crippen molar-refractivity contribution in [3.63, 3.8) is 0 Å². The number of anilines is 2. The molecule has 4 atom stereocenters. The second-order valence-corrected chi connectivity index (χ2v) is 14.9. The fourth-order valence-corrected chi connectivity index (χ4v) is 5.89. The van der Waals surface area contributed by atoms with E-state index in [1.807, 2.05) is 17.6 Å². The van der Waals surface area contributed by atoms with Gasteiger partial charge in [-0.3, -0.25) is 30.7 Å². The summed E-state index contributed by atoms with van der Waals surface area (Å²) in [5.41, 5.74) is 10.1. The number of aromatic nitrogens is 3. The number of amides is 3. The molecular formula is C45H47Cl2F2N11O10. The fourth-order valence-electron chi connectivity index (χ4n) is 5.47. The van der Waals surface area contributed by atoms with Crippen LogP contribution in [0.3, 0.4) is 0 Å². The van der Waals surface area contributed by atoms with E-state index in [1.165, 1.54) is 32.0 Å². The van der Waals surface area contributed by atoms with Crippen molar-refractivity contribution in [3.8, 4) is 11.5 Å². The van der Waals surface area contributed by atoms with Gasteiger partial charge < -0.3 is 41.4 Å². The number of aromatic hydroxyl groups is 2. The van der Waals surface area contributed by atoms with Crippen molar-refractivity contribution in [2.75, 3.05) is 10.6 Å². The molecule has 21 nitrogen and oxygen atoms in total. The first-order valence-electron chi connectivity index (χ1n) is 19.6. The predicted molar refractivity (Wildman–Crippen MR) is 256 cm³/mol. The lowest BCUT2D eigenvalue weighted by Crippen LogP contribution is -2.52. The van der Waals surface area contributed by atoms with Gasteiger partial charge in [-0.25, -0.2) is 29.1 Å². The maximum absolute atomic E-state index is 13.1. The summed E-state index contributed by atoms with van der Waals surface area (Å²) in [5.74, 6) is -1.41. The molecule has 370 valence electrons. The number of phenols is 2. The number of nitrogen functional groups attached to an aromatic ring is 1. The van der Waals surface area contributed by atoms with Crippen LogP contribution in [-0.2, 0) is 9.59 Å². The Morgan fingerprint density at radius 3 is 1.60 bits per heavy atom. The number of rotatable bonds is 10. The Kier molecular flexibility index (Phi) is 22.2. The zero-order valence-corrected chi connectivity index (χ0v) is 38.0. The van der Waals surface area contributed by atoms with Crippen molar-refractivity contribution in [3.05, 3.63) is 152 Å². The summed E-state index contributed by atoms with van der Waals surface area (Å²) >= 11 is 12.1. The van der Waals surface area contributed by atoms with E-state index in [0.717, 1.165) is 35.2 Å². The number of nitrogens with two attached hydrogens (primary N) is 1. The Hall–Kier alpha value is -8.32. The zero-order chi connectivity index (χ0) is 51.7. The number of nitrogens with one attached hydrogen (secondary N) is 5. The van der Waals surface area contributed by atoms with Crippen molar-refractivity contribution in [2.24, 2.45) is 5.84 Å². The van der Waals surface area contributed by atoms with Crippen LogP contribution in [0.25, 0.3) is 20.7 Å². The monoisotopic (exact) mass is 1010 g/mol. The number of hydrazine groups is 2. The minimum atomic E-state index is -1.16. The summed E-state index contributed by atoms with van der Waals surface area (Å²) in [4.78, 5) is 53.5. The van der Waals surface area contributed by atoms with E-state index in [9.17, 15) is 43.3 Å². The van der Waals surface area contributed by atoms with Crippen LogP contribution in [-0.4, -0.2) is 93.9 Å². The Morgan fingerprint density at radius 2 is 1.19 bits per heavy atom. The van der Waals surface area contributed by atoms with Crippen LogP contribution in [0.4, 0.5) is 31.5 Å². The van der Waals surface area contributed by atoms with E-state index in [4.69, 9.17) is 57.6 Å². The molecule has 0 saturated carbocycles. The molecule has 13 N–H and O–H groups in total. The first-order chi connectivity index (χ1) is 32.6. The van der Waals surface area contributed by atoms with Gasteiger partial charge in [0.05, 0.1) is 35.4 Å². The van der Waals surface area contributed by atoms with Gasteiger partial charge in [-0.15, -0.1) is 5.10 Å². The van der Waals surface area contributed by atoms with E-state index in [1.54, 1.807) is 38.1 Å². The van der Waals surface area contributed by atoms with Gasteiger partial charge in [-0.2, -0.15) is 0 Å². The SMILES string of the molecule is C.NNC(=O)c1ccc(F)c(O)c1.On1nnc2ccccc21.[C-]#[N+]c1ccc(N[C@@H](C(=O)NNC(=O)c2ccc(F)c(O)c2)[C@@H](C)O)c(C)c1Cl.[C-]#[N+]c1ccc(N[C@@H](C(=O)O)[C@@H](C)O)c(C)c1Cl. The Bertz CT molecular complexity index is 2910. The normalized spacial score (nSPS) is 11.7. The van der Waals surface area contributed by atoms with Gasteiger partial charge in [0.2, 0.25) is 11.4 Å². The highest BCUT2D eigenvalue weighted by atomic mass is 35.5. The maximum Gasteiger partial charge on any atom is 0.328 e. The number of hydrogen-bond donors (Lipinski definition) is 12. The third-order valence-corrected chi connectivity index (χ3v) is 10.2. The number of benzene rings is 5. The summed E-state index contributed by atoms with van der Waals surface area (Å²) in [5, 5.41) is 68.6. The van der Waals surface area contributed by atoms with Crippen LogP contribution in [0.15, 0.2) is 84.9 Å². The third-order valence-electron chi connectivity index (χ3n) is 9.29. The molecule has 0 aliphatic carbocycles. The number of halogens is 4. The van der Waals surface area contributed by atoms with E-state index in [-0.39, 0.29) is 34.3 Å². The van der Waals surface area contributed by atoms with Crippen LogP contribution >= 0.6 is 23.2 Å². The Balaban J connectivity index is 0.000000347. The number of hydrogen-bond acceptors (Lipinski definition) is 14. The van der Waals surface area contributed by atoms with Gasteiger partial charge >= 0.3 is 5.97 Å². The molecule has 6 aromatic rings. The highest BCUT2D eigenvalue weighted by Crippen LogP contribution is 2.34. The molecule has 5 aromatic carbocycles. The number of aliphatic hydroxyl groups is 2. The van der Waals surface area contributed by atoms with Crippen molar-refractivity contribution < 1.29 is 58.7 Å². The molecule has 0 bridgehead atoms. The van der Waals surface area contributed by atoms with Crippen LogP contribution in [0.1, 0.15) is 53.1 Å². The van der Waals surface area contributed by atoms with Gasteiger partial charge in [-0.1, -0.05) is 59.7 Å². The molecule has 70 heavy (non-hydrogen) atoms. The summed E-state index contributed by atoms with van der Waals surface area (Å²) < 4.78 is 25.5. The molecule has 6 rings (SSSR count). The summed E-state index contributed by atoms with van der Waals surface area (Å²) in [7, 11) is 0. The molecule has 0 unspecified atom stereocenters. The number of carboxylic acid groups (broad SMARTS) is 1. The molecule has 0 saturated heterocycles. The van der Waals surface area contributed by atoms with E-state index in [0.29, 0.717) is 39.2 Å². The molecule has 0 fully saturated rings. The highest BCUT2D eigenvalue weighted by Gasteiger charge is 2.26. The maximum atomic E-state index is 13.1. The molecule has 1 aromatic heterocycles. The summed E-state index contributed by atoms with van der Waals surface area (Å²) in [6.07, 6.45) is -2.21. The van der Waals surface area contributed by atoms with Gasteiger partial charge in [0.1, 0.15) is 17.1 Å². The quantitative estimate of drug-likeness (QED) is 0.0228. The molecule has 0 aliphatic rings. The minimum Gasteiger partial charge on any atom is -0.505 e. The van der Waals surface area contributed by atoms with Crippen molar-refractivity contribution >= 4 is 80.7 Å². The molecule has 0 spiro atoms. The average molecular weight is 1010 g/mol.